The van der Waals surface area contributed by atoms with Crippen molar-refractivity contribution in [1.82, 2.24) is 15.1 Å². The minimum Gasteiger partial charge on any atom is -0.363 e. The van der Waals surface area contributed by atoms with Crippen LogP contribution in [-0.2, 0) is 12.7 Å². The van der Waals surface area contributed by atoms with E-state index in [9.17, 15) is 26.7 Å². The zero-order valence-electron chi connectivity index (χ0n) is 17.5. The van der Waals surface area contributed by atoms with Crippen LogP contribution in [0.1, 0.15) is 51.1 Å². The van der Waals surface area contributed by atoms with E-state index in [-0.39, 0.29) is 29.9 Å². The van der Waals surface area contributed by atoms with Crippen molar-refractivity contribution in [1.29, 1.82) is 0 Å². The van der Waals surface area contributed by atoms with Crippen LogP contribution in [-0.4, -0.2) is 22.1 Å². The average molecular weight is 464 g/mol. The van der Waals surface area contributed by atoms with E-state index in [0.717, 1.165) is 27.9 Å². The Morgan fingerprint density at radius 3 is 2.61 bits per heavy atom. The van der Waals surface area contributed by atoms with E-state index >= 15 is 0 Å². The molecule has 3 aromatic rings. The van der Waals surface area contributed by atoms with Crippen molar-refractivity contribution in [3.05, 3.63) is 82.5 Å². The quantitative estimate of drug-likeness (QED) is 0.490. The third kappa shape index (κ3) is 4.84. The molecular weight excluding hydrogens is 443 g/mol. The summed E-state index contributed by atoms with van der Waals surface area (Å²) in [6, 6.07) is 10.4. The van der Waals surface area contributed by atoms with Crippen LogP contribution in [0.25, 0.3) is 0 Å². The Morgan fingerprint density at radius 2 is 1.94 bits per heavy atom. The van der Waals surface area contributed by atoms with Crippen molar-refractivity contribution in [2.24, 2.45) is 0 Å². The number of alkyl halides is 5. The number of fused-ring (bicyclic) bond motifs is 1. The summed E-state index contributed by atoms with van der Waals surface area (Å²) in [5.41, 5.74) is 1.31. The molecule has 0 spiro atoms. The first-order valence-electron chi connectivity index (χ1n) is 10.3. The molecule has 0 saturated carbocycles. The largest absolute Gasteiger partial charge is 0.416 e. The maximum Gasteiger partial charge on any atom is 0.416 e. The summed E-state index contributed by atoms with van der Waals surface area (Å²) < 4.78 is 67.4. The fourth-order valence-corrected chi connectivity index (χ4v) is 3.85. The summed E-state index contributed by atoms with van der Waals surface area (Å²) >= 11 is 0. The van der Waals surface area contributed by atoms with Crippen molar-refractivity contribution in [3.63, 3.8) is 0 Å². The molecule has 2 N–H and O–H groups in total. The van der Waals surface area contributed by atoms with Gasteiger partial charge < -0.3 is 10.6 Å². The van der Waals surface area contributed by atoms with Crippen molar-refractivity contribution >= 4 is 11.7 Å². The molecule has 0 radical (unpaired) electrons. The lowest BCUT2D eigenvalue weighted by atomic mass is 9.96. The Morgan fingerprint density at radius 1 is 1.21 bits per heavy atom. The molecule has 2 aromatic carbocycles. The predicted octanol–water partition coefficient (Wildman–Crippen LogP) is 5.50. The Hall–Kier alpha value is -3.43. The number of carbonyl (C=O) groups is 1. The lowest BCUT2D eigenvalue weighted by Gasteiger charge is -2.32. The van der Waals surface area contributed by atoms with Gasteiger partial charge in [0.1, 0.15) is 17.4 Å². The smallest absolute Gasteiger partial charge is 0.363 e. The number of nitrogens with zero attached hydrogens (tertiary/aromatic N) is 2. The predicted molar refractivity (Wildman–Crippen MR) is 112 cm³/mol. The van der Waals surface area contributed by atoms with Crippen LogP contribution < -0.4 is 10.6 Å². The molecule has 2 heterocycles. The standard InChI is InChI=1S/C23H21F5N4O/c1-13-5-7-15(8-6-13)18-10-19(20(24)25)32-21(31-18)17(12-30-32)22(33)29-11-14-3-2-4-16(9-14)23(26,27)28/h2-9,12,18-20,31H,10-11H2,1H3,(H,29,33)/t18-,19+/m1/s1. The molecule has 0 saturated heterocycles. The zero-order chi connectivity index (χ0) is 23.8. The van der Waals surface area contributed by atoms with Gasteiger partial charge in [0.15, 0.2) is 0 Å². The molecule has 0 aliphatic carbocycles. The lowest BCUT2D eigenvalue weighted by molar-refractivity contribution is -0.137. The van der Waals surface area contributed by atoms with Crippen LogP contribution in [0.2, 0.25) is 0 Å². The summed E-state index contributed by atoms with van der Waals surface area (Å²) in [5, 5.41) is 9.67. The summed E-state index contributed by atoms with van der Waals surface area (Å²) in [5.74, 6) is -0.475. The summed E-state index contributed by atoms with van der Waals surface area (Å²) in [7, 11) is 0. The average Bonchev–Trinajstić information content (AvgIpc) is 3.21. The monoisotopic (exact) mass is 464 g/mol. The molecule has 0 unspecified atom stereocenters. The number of nitrogens with one attached hydrogen (secondary N) is 2. The number of hydrogen-bond acceptors (Lipinski definition) is 3. The van der Waals surface area contributed by atoms with E-state index in [2.05, 4.69) is 15.7 Å². The summed E-state index contributed by atoms with van der Waals surface area (Å²) in [6.45, 7) is 1.76. The number of halogens is 5. The third-order valence-electron chi connectivity index (χ3n) is 5.62. The lowest BCUT2D eigenvalue weighted by Crippen LogP contribution is -2.32. The molecule has 0 fully saturated rings. The molecule has 1 aliphatic heterocycles. The number of aryl methyl sites for hydroxylation is 1. The van der Waals surface area contributed by atoms with Gasteiger partial charge in [0.25, 0.3) is 12.3 Å². The first-order valence-corrected chi connectivity index (χ1v) is 10.3. The first kappa shape index (κ1) is 22.8. The maximum atomic E-state index is 13.8. The molecule has 2 atom stereocenters. The highest BCUT2D eigenvalue weighted by molar-refractivity contribution is 5.98. The van der Waals surface area contributed by atoms with Gasteiger partial charge >= 0.3 is 6.18 Å². The number of rotatable bonds is 5. The Bertz CT molecular complexity index is 1140. The number of hydrogen-bond donors (Lipinski definition) is 2. The van der Waals surface area contributed by atoms with Crippen LogP contribution >= 0.6 is 0 Å². The van der Waals surface area contributed by atoms with E-state index in [1.807, 2.05) is 31.2 Å². The van der Waals surface area contributed by atoms with E-state index in [0.29, 0.717) is 0 Å². The minimum atomic E-state index is -4.50. The van der Waals surface area contributed by atoms with Gasteiger partial charge in [-0.05, 0) is 36.6 Å². The topological polar surface area (TPSA) is 59.0 Å². The SMILES string of the molecule is Cc1ccc([C@H]2C[C@@H](C(F)F)n3ncc(C(=O)NCc4cccc(C(F)(F)F)c4)c3N2)cc1. The second kappa shape index (κ2) is 8.84. The zero-order valence-corrected chi connectivity index (χ0v) is 17.5. The van der Waals surface area contributed by atoms with Gasteiger partial charge in [0, 0.05) is 6.54 Å². The second-order valence-corrected chi connectivity index (χ2v) is 7.98. The van der Waals surface area contributed by atoms with E-state index in [4.69, 9.17) is 0 Å². The van der Waals surface area contributed by atoms with Crippen LogP contribution in [0.3, 0.4) is 0 Å². The van der Waals surface area contributed by atoms with Crippen LogP contribution in [0.4, 0.5) is 27.8 Å². The van der Waals surface area contributed by atoms with Crippen LogP contribution in [0.15, 0.2) is 54.7 Å². The number of benzene rings is 2. The highest BCUT2D eigenvalue weighted by Crippen LogP contribution is 2.39. The second-order valence-electron chi connectivity index (χ2n) is 7.98. The molecule has 5 nitrogen and oxygen atoms in total. The van der Waals surface area contributed by atoms with Crippen molar-refractivity contribution in [2.75, 3.05) is 5.32 Å². The number of carbonyl (C=O) groups excluding carboxylic acids is 1. The molecule has 1 aliphatic rings. The van der Waals surface area contributed by atoms with Crippen molar-refractivity contribution in [3.8, 4) is 0 Å². The van der Waals surface area contributed by atoms with Crippen molar-refractivity contribution < 1.29 is 26.7 Å². The van der Waals surface area contributed by atoms with Gasteiger partial charge in [0.2, 0.25) is 0 Å². The molecule has 10 heteroatoms. The van der Waals surface area contributed by atoms with Gasteiger partial charge in [-0.3, -0.25) is 4.79 Å². The number of aromatic nitrogens is 2. The highest BCUT2D eigenvalue weighted by Gasteiger charge is 2.36. The van der Waals surface area contributed by atoms with E-state index in [1.54, 1.807) is 0 Å². The van der Waals surface area contributed by atoms with E-state index < -0.39 is 36.2 Å². The van der Waals surface area contributed by atoms with E-state index in [1.165, 1.54) is 18.3 Å². The highest BCUT2D eigenvalue weighted by atomic mass is 19.4. The fourth-order valence-electron chi connectivity index (χ4n) is 3.85. The fraction of sp³-hybridized carbons (Fsp3) is 0.304. The molecule has 1 amide bonds. The van der Waals surface area contributed by atoms with Crippen LogP contribution in [0.5, 0.6) is 0 Å². The van der Waals surface area contributed by atoms with Crippen molar-refractivity contribution in [2.45, 2.75) is 44.6 Å². The molecule has 0 bridgehead atoms. The molecule has 4 rings (SSSR count). The number of amides is 1. The summed E-state index contributed by atoms with van der Waals surface area (Å²) in [4.78, 5) is 12.8. The third-order valence-corrected chi connectivity index (χ3v) is 5.62. The first-order chi connectivity index (χ1) is 15.6. The maximum absolute atomic E-state index is 13.8. The Kier molecular flexibility index (Phi) is 6.09. The Labute approximate surface area is 186 Å². The summed E-state index contributed by atoms with van der Waals surface area (Å²) in [6.07, 6.45) is -5.92. The molecular formula is C23H21F5N4O. The molecule has 174 valence electrons. The van der Waals surface area contributed by atoms with Gasteiger partial charge in [-0.1, -0.05) is 42.0 Å². The Balaban J connectivity index is 1.55. The minimum absolute atomic E-state index is 0.0458. The molecule has 1 aromatic heterocycles. The van der Waals surface area contributed by atoms with Gasteiger partial charge in [0.05, 0.1) is 17.8 Å². The van der Waals surface area contributed by atoms with Gasteiger partial charge in [-0.25, -0.2) is 13.5 Å². The molecule has 33 heavy (non-hydrogen) atoms. The van der Waals surface area contributed by atoms with Gasteiger partial charge in [-0.15, -0.1) is 0 Å². The number of anilines is 1. The normalized spacial score (nSPS) is 18.0. The van der Waals surface area contributed by atoms with Crippen LogP contribution in [0, 0.1) is 6.92 Å². The van der Waals surface area contributed by atoms with Gasteiger partial charge in [-0.2, -0.15) is 18.3 Å².